The van der Waals surface area contributed by atoms with Gasteiger partial charge in [0.1, 0.15) is 12.3 Å². The largest absolute Gasteiger partial charge is 0.357 e. The molecule has 3 atom stereocenters. The molecule has 0 aromatic heterocycles. The second-order valence-corrected chi connectivity index (χ2v) is 12.1. The third-order valence-corrected chi connectivity index (χ3v) is 7.45. The van der Waals surface area contributed by atoms with Crippen LogP contribution in [0.25, 0.3) is 0 Å². The zero-order valence-corrected chi connectivity index (χ0v) is 21.4. The molecule has 1 aliphatic rings. The molecule has 10 heteroatoms. The highest BCUT2D eigenvalue weighted by atomic mass is 31.2. The fourth-order valence-corrected chi connectivity index (χ4v) is 6.01. The molecule has 1 aromatic rings. The van der Waals surface area contributed by atoms with Gasteiger partial charge in [0.2, 0.25) is 25.1 Å². The summed E-state index contributed by atoms with van der Waals surface area (Å²) in [5.41, 5.74) is 0.921. The van der Waals surface area contributed by atoms with E-state index in [1.54, 1.807) is 24.3 Å². The van der Waals surface area contributed by atoms with Gasteiger partial charge in [-0.1, -0.05) is 45.9 Å². The van der Waals surface area contributed by atoms with Crippen molar-refractivity contribution in [2.24, 2.45) is 17.8 Å². The first-order valence-corrected chi connectivity index (χ1v) is 13.6. The number of fused-ring (bicyclic) bond motifs is 1. The summed E-state index contributed by atoms with van der Waals surface area (Å²) < 4.78 is 13.2. The minimum absolute atomic E-state index is 0.0270. The van der Waals surface area contributed by atoms with Crippen LogP contribution in [0.4, 0.5) is 0 Å². The van der Waals surface area contributed by atoms with E-state index >= 15 is 0 Å². The molecule has 0 saturated carbocycles. The molecule has 1 heterocycles. The Bertz CT molecular complexity index is 977. The van der Waals surface area contributed by atoms with Gasteiger partial charge in [0, 0.05) is 24.7 Å². The molecule has 2 unspecified atom stereocenters. The van der Waals surface area contributed by atoms with E-state index < -0.39 is 49.5 Å². The molecule has 188 valence electrons. The normalized spacial score (nSPS) is 17.2. The van der Waals surface area contributed by atoms with Gasteiger partial charge >= 0.3 is 0 Å². The van der Waals surface area contributed by atoms with Gasteiger partial charge in [-0.25, -0.2) is 0 Å². The number of likely N-dealkylation sites (N-methyl/N-ethyl adjacent to an activating group) is 1. The van der Waals surface area contributed by atoms with E-state index in [9.17, 15) is 28.6 Å². The van der Waals surface area contributed by atoms with Gasteiger partial charge in [0.15, 0.2) is 0 Å². The summed E-state index contributed by atoms with van der Waals surface area (Å²) in [7, 11) is -2.61. The van der Waals surface area contributed by atoms with Crippen LogP contribution in [0.3, 0.4) is 0 Å². The van der Waals surface area contributed by atoms with Crippen molar-refractivity contribution in [1.29, 1.82) is 0 Å². The van der Waals surface area contributed by atoms with Crippen LogP contribution >= 0.6 is 7.37 Å². The number of nitrogens with zero attached hydrogens (tertiary/aromatic N) is 1. The molecule has 34 heavy (non-hydrogen) atoms. The molecule has 0 radical (unpaired) electrons. The SMILES string of the molecule is CNC(=O)[C@H](CC(C)C)NC(=O)C(CC(C)C)CP(=O)(O)CN1C(=O)Cc2ccccc2C1=O. The van der Waals surface area contributed by atoms with Crippen LogP contribution in [-0.4, -0.2) is 59.0 Å². The molecule has 9 nitrogen and oxygen atoms in total. The highest BCUT2D eigenvalue weighted by molar-refractivity contribution is 7.58. The van der Waals surface area contributed by atoms with Gasteiger partial charge in [-0.3, -0.25) is 28.6 Å². The van der Waals surface area contributed by atoms with Crippen molar-refractivity contribution < 1.29 is 28.6 Å². The van der Waals surface area contributed by atoms with Crippen molar-refractivity contribution in [2.45, 2.75) is 53.0 Å². The first-order chi connectivity index (χ1) is 15.8. The number of benzene rings is 1. The summed E-state index contributed by atoms with van der Waals surface area (Å²) in [6.45, 7) is 7.64. The van der Waals surface area contributed by atoms with Crippen molar-refractivity contribution in [2.75, 3.05) is 19.5 Å². The third kappa shape index (κ3) is 7.50. The van der Waals surface area contributed by atoms with E-state index in [-0.39, 0.29) is 24.2 Å². The van der Waals surface area contributed by atoms with Gasteiger partial charge in [-0.05, 0) is 36.3 Å². The minimum Gasteiger partial charge on any atom is -0.357 e. The Balaban J connectivity index is 2.18. The number of carbonyl (C=O) groups is 4. The van der Waals surface area contributed by atoms with Crippen molar-refractivity contribution in [3.8, 4) is 0 Å². The fraction of sp³-hybridized carbons (Fsp3) is 0.583. The summed E-state index contributed by atoms with van der Waals surface area (Å²) in [6, 6.07) is 5.91. The number of rotatable bonds is 11. The molecular weight excluding hydrogens is 457 g/mol. The van der Waals surface area contributed by atoms with Crippen LogP contribution in [0.2, 0.25) is 0 Å². The van der Waals surface area contributed by atoms with Crippen molar-refractivity contribution in [3.63, 3.8) is 0 Å². The quantitative estimate of drug-likeness (QED) is 0.320. The molecule has 4 amide bonds. The Morgan fingerprint density at radius 2 is 1.68 bits per heavy atom. The summed E-state index contributed by atoms with van der Waals surface area (Å²) in [5, 5.41) is 5.27. The lowest BCUT2D eigenvalue weighted by molar-refractivity contribution is -0.131. The molecule has 3 N–H and O–H groups in total. The summed E-state index contributed by atoms with van der Waals surface area (Å²) in [6.07, 6.45) is -0.319. The Morgan fingerprint density at radius 3 is 2.26 bits per heavy atom. The lowest BCUT2D eigenvalue weighted by Crippen LogP contribution is -2.49. The van der Waals surface area contributed by atoms with E-state index in [1.165, 1.54) is 7.05 Å². The number of amides is 4. The maximum atomic E-state index is 13.2. The zero-order chi connectivity index (χ0) is 25.6. The molecule has 0 bridgehead atoms. The zero-order valence-electron chi connectivity index (χ0n) is 20.5. The molecule has 1 aliphatic heterocycles. The van der Waals surface area contributed by atoms with E-state index in [1.807, 2.05) is 27.7 Å². The summed E-state index contributed by atoms with van der Waals surface area (Å²) in [4.78, 5) is 62.3. The number of hydrogen-bond donors (Lipinski definition) is 3. The second kappa shape index (κ2) is 11.8. The van der Waals surface area contributed by atoms with Crippen LogP contribution in [-0.2, 0) is 25.4 Å². The fourth-order valence-electron chi connectivity index (χ4n) is 4.17. The van der Waals surface area contributed by atoms with Crippen LogP contribution in [0.15, 0.2) is 24.3 Å². The van der Waals surface area contributed by atoms with Crippen molar-refractivity contribution in [3.05, 3.63) is 35.4 Å². The highest BCUT2D eigenvalue weighted by Crippen LogP contribution is 2.45. The standard InChI is InChI=1S/C24H36N3O6P/c1-15(2)10-18(22(29)26-20(11-16(3)4)23(30)25-5)13-34(32,33)14-27-21(28)12-17-8-6-7-9-19(17)24(27)31/h6-9,15-16,18,20H,10-14H2,1-5H3,(H,25,30)(H,26,29)(H,32,33)/t18?,20-/m0/s1. The molecular formula is C24H36N3O6P. The van der Waals surface area contributed by atoms with Crippen LogP contribution in [0.1, 0.15) is 56.5 Å². The van der Waals surface area contributed by atoms with Crippen LogP contribution in [0, 0.1) is 17.8 Å². The second-order valence-electron chi connectivity index (χ2n) is 9.76. The minimum atomic E-state index is -4.09. The predicted octanol–water partition coefficient (Wildman–Crippen LogP) is 2.38. The first-order valence-electron chi connectivity index (χ1n) is 11.6. The predicted molar refractivity (Wildman–Crippen MR) is 129 cm³/mol. The highest BCUT2D eigenvalue weighted by Gasteiger charge is 2.38. The van der Waals surface area contributed by atoms with Crippen molar-refractivity contribution >= 4 is 31.0 Å². The maximum absolute atomic E-state index is 13.2. The molecule has 0 saturated heterocycles. The number of hydrogen-bond acceptors (Lipinski definition) is 5. The lowest BCUT2D eigenvalue weighted by atomic mass is 9.96. The molecule has 0 spiro atoms. The third-order valence-electron chi connectivity index (χ3n) is 5.72. The average Bonchev–Trinajstić information content (AvgIpc) is 2.74. The van der Waals surface area contributed by atoms with E-state index in [0.717, 1.165) is 4.90 Å². The van der Waals surface area contributed by atoms with Gasteiger partial charge in [0.25, 0.3) is 5.91 Å². The van der Waals surface area contributed by atoms with E-state index in [2.05, 4.69) is 10.6 Å². The van der Waals surface area contributed by atoms with Crippen molar-refractivity contribution in [1.82, 2.24) is 15.5 Å². The Hall–Kier alpha value is -2.51. The monoisotopic (exact) mass is 493 g/mol. The topological polar surface area (TPSA) is 133 Å². The maximum Gasteiger partial charge on any atom is 0.261 e. The average molecular weight is 494 g/mol. The smallest absolute Gasteiger partial charge is 0.261 e. The molecule has 1 aromatic carbocycles. The van der Waals surface area contributed by atoms with E-state index in [0.29, 0.717) is 24.0 Å². The molecule has 0 aliphatic carbocycles. The van der Waals surface area contributed by atoms with Crippen LogP contribution < -0.4 is 10.6 Å². The first kappa shape index (κ1) is 27.7. The molecule has 0 fully saturated rings. The Kier molecular flexibility index (Phi) is 9.59. The Labute approximate surface area is 201 Å². The Morgan fingerprint density at radius 1 is 1.06 bits per heavy atom. The van der Waals surface area contributed by atoms with E-state index in [4.69, 9.17) is 0 Å². The number of nitrogens with one attached hydrogen (secondary N) is 2. The number of carbonyl (C=O) groups excluding carboxylic acids is 4. The van der Waals surface area contributed by atoms with Gasteiger partial charge < -0.3 is 15.5 Å². The van der Waals surface area contributed by atoms with Gasteiger partial charge in [-0.2, -0.15) is 0 Å². The van der Waals surface area contributed by atoms with Crippen LogP contribution in [0.5, 0.6) is 0 Å². The lowest BCUT2D eigenvalue weighted by Gasteiger charge is -2.30. The number of imide groups is 1. The summed E-state index contributed by atoms with van der Waals surface area (Å²) in [5.74, 6) is -2.63. The van der Waals surface area contributed by atoms with Gasteiger partial charge in [0.05, 0.1) is 6.42 Å². The molecule has 2 rings (SSSR count). The summed E-state index contributed by atoms with van der Waals surface area (Å²) >= 11 is 0. The van der Waals surface area contributed by atoms with Gasteiger partial charge in [-0.15, -0.1) is 0 Å².